The SMILES string of the molecule is N#CC(C(=O)c1cc(Cl)cc(Cl)c1)c1ccc(F)cc1F. The van der Waals surface area contributed by atoms with Gasteiger partial charge in [-0.1, -0.05) is 29.3 Å². The molecule has 0 aliphatic rings. The first-order valence-corrected chi connectivity index (χ1v) is 6.53. The zero-order valence-electron chi connectivity index (χ0n) is 10.4. The Hall–Kier alpha value is -1.96. The van der Waals surface area contributed by atoms with E-state index in [9.17, 15) is 13.6 Å². The Morgan fingerprint density at radius 1 is 1.10 bits per heavy atom. The molecule has 21 heavy (non-hydrogen) atoms. The zero-order valence-corrected chi connectivity index (χ0v) is 11.9. The van der Waals surface area contributed by atoms with Gasteiger partial charge in [0.2, 0.25) is 0 Å². The second kappa shape index (κ2) is 6.21. The normalized spacial score (nSPS) is 11.8. The van der Waals surface area contributed by atoms with E-state index in [-0.39, 0.29) is 21.2 Å². The predicted molar refractivity (Wildman–Crippen MR) is 75.5 cm³/mol. The number of halogens is 4. The highest BCUT2D eigenvalue weighted by Crippen LogP contribution is 2.27. The van der Waals surface area contributed by atoms with Gasteiger partial charge < -0.3 is 0 Å². The molecule has 6 heteroatoms. The molecule has 0 saturated carbocycles. The lowest BCUT2D eigenvalue weighted by Crippen LogP contribution is -2.13. The van der Waals surface area contributed by atoms with Crippen LogP contribution in [0.5, 0.6) is 0 Å². The highest BCUT2D eigenvalue weighted by atomic mass is 35.5. The van der Waals surface area contributed by atoms with Gasteiger partial charge in [0.05, 0.1) is 6.07 Å². The molecular formula is C15H7Cl2F2NO. The van der Waals surface area contributed by atoms with Gasteiger partial charge in [0, 0.05) is 27.2 Å². The van der Waals surface area contributed by atoms with Crippen LogP contribution >= 0.6 is 23.2 Å². The summed E-state index contributed by atoms with van der Waals surface area (Å²) in [4.78, 5) is 12.3. The number of rotatable bonds is 3. The van der Waals surface area contributed by atoms with Crippen molar-refractivity contribution in [1.29, 1.82) is 5.26 Å². The summed E-state index contributed by atoms with van der Waals surface area (Å²) < 4.78 is 26.6. The Morgan fingerprint density at radius 2 is 1.71 bits per heavy atom. The summed E-state index contributed by atoms with van der Waals surface area (Å²) in [7, 11) is 0. The third-order valence-corrected chi connectivity index (χ3v) is 3.25. The molecule has 2 rings (SSSR count). The number of benzene rings is 2. The molecule has 0 aliphatic carbocycles. The molecule has 0 aromatic heterocycles. The van der Waals surface area contributed by atoms with Crippen LogP contribution in [0.1, 0.15) is 21.8 Å². The average Bonchev–Trinajstić information content (AvgIpc) is 2.40. The first kappa shape index (κ1) is 15.4. The van der Waals surface area contributed by atoms with Gasteiger partial charge in [0.1, 0.15) is 17.6 Å². The molecule has 0 bridgehead atoms. The average molecular weight is 326 g/mol. The highest BCUT2D eigenvalue weighted by molar-refractivity contribution is 6.35. The lowest BCUT2D eigenvalue weighted by atomic mass is 9.91. The number of hydrogen-bond donors (Lipinski definition) is 0. The number of nitrogens with zero attached hydrogens (tertiary/aromatic N) is 1. The second-order valence-electron chi connectivity index (χ2n) is 4.25. The monoisotopic (exact) mass is 325 g/mol. The maximum atomic E-state index is 13.7. The summed E-state index contributed by atoms with van der Waals surface area (Å²) in [6.07, 6.45) is 0. The van der Waals surface area contributed by atoms with Crippen LogP contribution < -0.4 is 0 Å². The Kier molecular flexibility index (Phi) is 4.56. The van der Waals surface area contributed by atoms with Crippen molar-refractivity contribution >= 4 is 29.0 Å². The molecule has 2 aromatic carbocycles. The van der Waals surface area contributed by atoms with Crippen molar-refractivity contribution in [2.45, 2.75) is 5.92 Å². The topological polar surface area (TPSA) is 40.9 Å². The maximum absolute atomic E-state index is 13.7. The molecule has 0 heterocycles. The van der Waals surface area contributed by atoms with Gasteiger partial charge >= 0.3 is 0 Å². The van der Waals surface area contributed by atoms with Crippen molar-refractivity contribution < 1.29 is 13.6 Å². The largest absolute Gasteiger partial charge is 0.292 e. The predicted octanol–water partition coefficient (Wildman–Crippen LogP) is 4.76. The van der Waals surface area contributed by atoms with Gasteiger partial charge in [-0.3, -0.25) is 4.79 Å². The standard InChI is InChI=1S/C15H7Cl2F2NO/c16-9-3-8(4-10(17)5-9)15(21)13(7-20)12-2-1-11(18)6-14(12)19/h1-6,13H. The van der Waals surface area contributed by atoms with E-state index < -0.39 is 23.3 Å². The fraction of sp³-hybridized carbons (Fsp3) is 0.0667. The van der Waals surface area contributed by atoms with Crippen molar-refractivity contribution in [3.63, 3.8) is 0 Å². The van der Waals surface area contributed by atoms with Gasteiger partial charge in [-0.2, -0.15) is 5.26 Å². The molecule has 0 spiro atoms. The number of carbonyl (C=O) groups excluding carboxylic acids is 1. The van der Waals surface area contributed by atoms with E-state index in [4.69, 9.17) is 28.5 Å². The van der Waals surface area contributed by atoms with Crippen molar-refractivity contribution in [1.82, 2.24) is 0 Å². The Bertz CT molecular complexity index is 736. The molecule has 1 atom stereocenters. The van der Waals surface area contributed by atoms with E-state index in [1.54, 1.807) is 6.07 Å². The van der Waals surface area contributed by atoms with Crippen LogP contribution in [0, 0.1) is 23.0 Å². The van der Waals surface area contributed by atoms with Crippen molar-refractivity contribution in [3.8, 4) is 6.07 Å². The van der Waals surface area contributed by atoms with E-state index in [1.807, 2.05) is 0 Å². The number of hydrogen-bond acceptors (Lipinski definition) is 2. The molecule has 0 radical (unpaired) electrons. The van der Waals surface area contributed by atoms with E-state index in [0.29, 0.717) is 6.07 Å². The molecule has 0 fully saturated rings. The van der Waals surface area contributed by atoms with Crippen LogP contribution in [0.2, 0.25) is 10.0 Å². The van der Waals surface area contributed by atoms with E-state index in [1.165, 1.54) is 18.2 Å². The molecule has 0 aliphatic heterocycles. The summed E-state index contributed by atoms with van der Waals surface area (Å²) >= 11 is 11.6. The van der Waals surface area contributed by atoms with Crippen LogP contribution in [0.15, 0.2) is 36.4 Å². The van der Waals surface area contributed by atoms with Gasteiger partial charge in [0.15, 0.2) is 5.78 Å². The number of Topliss-reactive ketones (excluding diaryl/α,β-unsaturated/α-hetero) is 1. The Labute approximate surface area is 129 Å². The summed E-state index contributed by atoms with van der Waals surface area (Å²) in [6.45, 7) is 0. The van der Waals surface area contributed by atoms with Crippen LogP contribution in [-0.2, 0) is 0 Å². The Morgan fingerprint density at radius 3 is 2.24 bits per heavy atom. The third-order valence-electron chi connectivity index (χ3n) is 2.81. The summed E-state index contributed by atoms with van der Waals surface area (Å²) in [5, 5.41) is 9.59. The van der Waals surface area contributed by atoms with Gasteiger partial charge in [-0.25, -0.2) is 8.78 Å². The molecular weight excluding hydrogens is 319 g/mol. The lowest BCUT2D eigenvalue weighted by Gasteiger charge is -2.10. The van der Waals surface area contributed by atoms with Gasteiger partial charge in [-0.05, 0) is 24.3 Å². The van der Waals surface area contributed by atoms with Crippen LogP contribution in [-0.4, -0.2) is 5.78 Å². The first-order valence-electron chi connectivity index (χ1n) is 5.77. The molecule has 1 unspecified atom stereocenters. The van der Waals surface area contributed by atoms with Crippen molar-refractivity contribution in [2.75, 3.05) is 0 Å². The molecule has 2 aromatic rings. The number of ketones is 1. The Balaban J connectivity index is 2.46. The zero-order chi connectivity index (χ0) is 15.6. The third kappa shape index (κ3) is 3.38. The summed E-state index contributed by atoms with van der Waals surface area (Å²) in [6, 6.07) is 8.50. The lowest BCUT2D eigenvalue weighted by molar-refractivity contribution is 0.0977. The minimum absolute atomic E-state index is 0.0859. The minimum atomic E-state index is -1.40. The smallest absolute Gasteiger partial charge is 0.184 e. The van der Waals surface area contributed by atoms with Crippen molar-refractivity contribution in [3.05, 3.63) is 69.2 Å². The fourth-order valence-electron chi connectivity index (χ4n) is 1.87. The number of carbonyl (C=O) groups is 1. The quantitative estimate of drug-likeness (QED) is 0.763. The fourth-order valence-corrected chi connectivity index (χ4v) is 2.39. The highest BCUT2D eigenvalue weighted by Gasteiger charge is 2.25. The van der Waals surface area contributed by atoms with Crippen LogP contribution in [0.4, 0.5) is 8.78 Å². The molecule has 2 nitrogen and oxygen atoms in total. The van der Waals surface area contributed by atoms with E-state index >= 15 is 0 Å². The van der Waals surface area contributed by atoms with E-state index in [0.717, 1.165) is 12.1 Å². The van der Waals surface area contributed by atoms with Gasteiger partial charge in [-0.15, -0.1) is 0 Å². The molecule has 0 N–H and O–H groups in total. The first-order chi connectivity index (χ1) is 9.92. The second-order valence-corrected chi connectivity index (χ2v) is 5.12. The maximum Gasteiger partial charge on any atom is 0.184 e. The molecule has 106 valence electrons. The van der Waals surface area contributed by atoms with Crippen molar-refractivity contribution in [2.24, 2.45) is 0 Å². The molecule has 0 saturated heterocycles. The summed E-state index contributed by atoms with van der Waals surface area (Å²) in [5.41, 5.74) is -0.109. The van der Waals surface area contributed by atoms with Gasteiger partial charge in [0.25, 0.3) is 0 Å². The number of nitriles is 1. The summed E-state index contributed by atoms with van der Waals surface area (Å²) in [5.74, 6) is -3.80. The van der Waals surface area contributed by atoms with Crippen LogP contribution in [0.25, 0.3) is 0 Å². The molecule has 0 amide bonds. The minimum Gasteiger partial charge on any atom is -0.292 e. The van der Waals surface area contributed by atoms with E-state index in [2.05, 4.69) is 0 Å². The van der Waals surface area contributed by atoms with Crippen LogP contribution in [0.3, 0.4) is 0 Å².